The molecule has 0 unspecified atom stereocenters. The predicted octanol–water partition coefficient (Wildman–Crippen LogP) is 4.04. The summed E-state index contributed by atoms with van der Waals surface area (Å²) in [6.45, 7) is 5.44. The highest BCUT2D eigenvalue weighted by Gasteiger charge is 2.41. The number of fused-ring (bicyclic) bond motifs is 1. The highest BCUT2D eigenvalue weighted by molar-refractivity contribution is 7.92. The van der Waals surface area contributed by atoms with E-state index in [2.05, 4.69) is 15.0 Å². The second-order valence-corrected chi connectivity index (χ2v) is 14.7. The van der Waals surface area contributed by atoms with E-state index >= 15 is 0 Å². The molecule has 2 heterocycles. The Morgan fingerprint density at radius 3 is 2.38 bits per heavy atom. The predicted molar refractivity (Wildman–Crippen MR) is 149 cm³/mol. The Labute approximate surface area is 231 Å². The van der Waals surface area contributed by atoms with Gasteiger partial charge in [0.2, 0.25) is 5.91 Å². The summed E-state index contributed by atoms with van der Waals surface area (Å²) in [7, 11) is -7.71. The van der Waals surface area contributed by atoms with Crippen LogP contribution in [0.1, 0.15) is 48.3 Å². The van der Waals surface area contributed by atoms with E-state index in [9.17, 15) is 26.4 Å². The molecule has 5 rings (SSSR count). The van der Waals surface area contributed by atoms with Crippen LogP contribution in [0, 0.1) is 12.8 Å². The minimum atomic E-state index is -4.26. The van der Waals surface area contributed by atoms with Crippen molar-refractivity contribution in [2.45, 2.75) is 56.0 Å². The van der Waals surface area contributed by atoms with E-state index in [0.29, 0.717) is 39.3 Å². The summed E-state index contributed by atoms with van der Waals surface area (Å²) in [5, 5.41) is 3.05. The van der Waals surface area contributed by atoms with Gasteiger partial charge in [0.15, 0.2) is 15.0 Å². The Morgan fingerprint density at radius 2 is 1.79 bits per heavy atom. The van der Waals surface area contributed by atoms with Crippen molar-refractivity contribution in [3.05, 3.63) is 53.2 Å². The zero-order valence-electron chi connectivity index (χ0n) is 21.8. The van der Waals surface area contributed by atoms with Crippen LogP contribution >= 0.6 is 11.3 Å². The summed E-state index contributed by atoms with van der Waals surface area (Å²) in [5.41, 5.74) is 2.09. The van der Waals surface area contributed by atoms with Crippen LogP contribution in [0.25, 0.3) is 10.4 Å². The summed E-state index contributed by atoms with van der Waals surface area (Å²) in [5.74, 6) is -0.198. The fraction of sp³-hybridized carbons (Fsp3) is 0.346. The molecule has 1 aliphatic carbocycles. The number of aryl methyl sites for hydroxylation is 1. The Bertz CT molecular complexity index is 1710. The van der Waals surface area contributed by atoms with Crippen LogP contribution in [0.3, 0.4) is 0 Å². The van der Waals surface area contributed by atoms with Crippen molar-refractivity contribution in [2.24, 2.45) is 5.92 Å². The lowest BCUT2D eigenvalue weighted by atomic mass is 10.0. The van der Waals surface area contributed by atoms with Crippen molar-refractivity contribution in [2.75, 3.05) is 16.3 Å². The number of carbonyl (C=O) groups is 2. The van der Waals surface area contributed by atoms with Crippen LogP contribution in [0.4, 0.5) is 10.8 Å². The highest BCUT2D eigenvalue weighted by atomic mass is 32.2. The SMILES string of the molecule is CC(=O)Nc1nc(C)c(-c2cc3c(c(S(=O)(=O)Nc4ccc(S(C)(=O)=O)cc4)c2)C(=O)N([C@@H](C)C2CC2)C3)s1. The molecule has 2 aliphatic rings. The standard InChI is InChI=1S/C26H28N4O6S3/c1-14-24(37-26(27-14)28-16(3)31)18-11-19-13-30(15(2)17-5-6-17)25(32)23(19)22(12-18)39(35,36)29-20-7-9-21(10-8-20)38(4,33)34/h7-12,15,17,29H,5-6,13H2,1-4H3,(H,27,28,31)/t15-/m0/s1. The van der Waals surface area contributed by atoms with Crippen LogP contribution in [0.15, 0.2) is 46.2 Å². The second kappa shape index (κ2) is 9.72. The van der Waals surface area contributed by atoms with E-state index in [-0.39, 0.29) is 38.9 Å². The topological polar surface area (TPSA) is 143 Å². The lowest BCUT2D eigenvalue weighted by Gasteiger charge is -2.24. The smallest absolute Gasteiger partial charge is 0.262 e. The number of carbonyl (C=O) groups excluding carboxylic acids is 2. The van der Waals surface area contributed by atoms with Crippen molar-refractivity contribution in [1.82, 2.24) is 9.88 Å². The number of nitrogens with zero attached hydrogens (tertiary/aromatic N) is 2. The molecule has 1 atom stereocenters. The first kappa shape index (κ1) is 27.3. The van der Waals surface area contributed by atoms with Crippen molar-refractivity contribution in [3.63, 3.8) is 0 Å². The molecule has 3 aromatic rings. The van der Waals surface area contributed by atoms with Gasteiger partial charge in [-0.1, -0.05) is 11.3 Å². The summed E-state index contributed by atoms with van der Waals surface area (Å²) in [4.78, 5) is 31.8. The first-order chi connectivity index (χ1) is 18.2. The molecule has 1 saturated carbocycles. The van der Waals surface area contributed by atoms with E-state index < -0.39 is 19.9 Å². The number of thiazole rings is 1. The Balaban J connectivity index is 1.60. The average molecular weight is 589 g/mol. The zero-order valence-corrected chi connectivity index (χ0v) is 24.3. The molecule has 0 spiro atoms. The number of anilines is 2. The first-order valence-electron chi connectivity index (χ1n) is 12.3. The third kappa shape index (κ3) is 5.43. The van der Waals surface area contributed by atoms with E-state index in [4.69, 9.17) is 0 Å². The summed E-state index contributed by atoms with van der Waals surface area (Å²) >= 11 is 1.22. The van der Waals surface area contributed by atoms with Crippen molar-refractivity contribution < 1.29 is 26.4 Å². The van der Waals surface area contributed by atoms with Gasteiger partial charge < -0.3 is 10.2 Å². The van der Waals surface area contributed by atoms with E-state index in [1.165, 1.54) is 48.6 Å². The normalized spacial score (nSPS) is 16.2. The van der Waals surface area contributed by atoms with Gasteiger partial charge in [0.05, 0.1) is 21.0 Å². The molecule has 1 fully saturated rings. The Hall–Kier alpha value is -3.29. The number of rotatable bonds is 8. The molecule has 0 radical (unpaired) electrons. The molecule has 206 valence electrons. The molecule has 0 saturated heterocycles. The number of hydrogen-bond acceptors (Lipinski definition) is 8. The third-order valence-electron chi connectivity index (χ3n) is 6.96. The molecule has 10 nitrogen and oxygen atoms in total. The number of sulfonamides is 1. The third-order valence-corrected chi connectivity index (χ3v) is 10.6. The van der Waals surface area contributed by atoms with Crippen molar-refractivity contribution in [3.8, 4) is 10.4 Å². The monoisotopic (exact) mass is 588 g/mol. The summed E-state index contributed by atoms with van der Waals surface area (Å²) in [6.07, 6.45) is 3.14. The summed E-state index contributed by atoms with van der Waals surface area (Å²) in [6, 6.07) is 8.66. The van der Waals surface area contributed by atoms with Crippen molar-refractivity contribution in [1.29, 1.82) is 0 Å². The van der Waals surface area contributed by atoms with E-state index in [0.717, 1.165) is 19.1 Å². The van der Waals surface area contributed by atoms with Gasteiger partial charge in [-0.2, -0.15) is 0 Å². The first-order valence-corrected chi connectivity index (χ1v) is 16.5. The zero-order chi connectivity index (χ0) is 28.3. The van der Waals surface area contributed by atoms with Gasteiger partial charge in [-0.05, 0) is 80.1 Å². The maximum absolute atomic E-state index is 13.8. The Morgan fingerprint density at radius 1 is 1.13 bits per heavy atom. The maximum atomic E-state index is 13.8. The van der Waals surface area contributed by atoms with Crippen LogP contribution < -0.4 is 10.0 Å². The molecule has 1 aliphatic heterocycles. The minimum absolute atomic E-state index is 0.0167. The van der Waals surface area contributed by atoms with Crippen LogP contribution in [-0.2, 0) is 31.2 Å². The number of nitrogens with one attached hydrogen (secondary N) is 2. The molecule has 1 aromatic heterocycles. The molecule has 2 amide bonds. The van der Waals surface area contributed by atoms with Gasteiger partial charge in [-0.3, -0.25) is 14.3 Å². The van der Waals surface area contributed by atoms with Crippen LogP contribution in [0.2, 0.25) is 0 Å². The molecular weight excluding hydrogens is 561 g/mol. The molecule has 39 heavy (non-hydrogen) atoms. The Kier molecular flexibility index (Phi) is 6.80. The molecular formula is C26H28N4O6S3. The van der Waals surface area contributed by atoms with Gasteiger partial charge in [-0.15, -0.1) is 0 Å². The number of sulfone groups is 1. The fourth-order valence-electron chi connectivity index (χ4n) is 4.79. The van der Waals surface area contributed by atoms with Gasteiger partial charge in [0.25, 0.3) is 15.9 Å². The average Bonchev–Trinajstić information content (AvgIpc) is 3.56. The van der Waals surface area contributed by atoms with Gasteiger partial charge >= 0.3 is 0 Å². The second-order valence-electron chi connectivity index (χ2n) is 10.0. The van der Waals surface area contributed by atoms with Gasteiger partial charge in [0.1, 0.15) is 4.90 Å². The van der Waals surface area contributed by atoms with Crippen molar-refractivity contribution >= 4 is 53.8 Å². The van der Waals surface area contributed by atoms with Gasteiger partial charge in [-0.25, -0.2) is 21.8 Å². The maximum Gasteiger partial charge on any atom is 0.262 e. The number of amides is 2. The van der Waals surface area contributed by atoms with Gasteiger partial charge in [0, 0.05) is 31.5 Å². The quantitative estimate of drug-likeness (QED) is 0.404. The summed E-state index contributed by atoms with van der Waals surface area (Å²) < 4.78 is 53.6. The number of aromatic nitrogens is 1. The number of hydrogen-bond donors (Lipinski definition) is 2. The van der Waals surface area contributed by atoms with E-state index in [1.54, 1.807) is 11.8 Å². The van der Waals surface area contributed by atoms with Crippen LogP contribution in [0.5, 0.6) is 0 Å². The molecule has 13 heteroatoms. The molecule has 0 bridgehead atoms. The molecule has 2 N–H and O–H groups in total. The van der Waals surface area contributed by atoms with Crippen LogP contribution in [-0.4, -0.2) is 50.8 Å². The highest BCUT2D eigenvalue weighted by Crippen LogP contribution is 2.42. The largest absolute Gasteiger partial charge is 0.331 e. The minimum Gasteiger partial charge on any atom is -0.331 e. The lowest BCUT2D eigenvalue weighted by molar-refractivity contribution is -0.114. The molecule has 2 aromatic carbocycles. The number of benzene rings is 2. The lowest BCUT2D eigenvalue weighted by Crippen LogP contribution is -2.35. The van der Waals surface area contributed by atoms with E-state index in [1.807, 2.05) is 13.0 Å². The fourth-order valence-corrected chi connectivity index (χ4v) is 7.75.